The molecule has 0 unspecified atom stereocenters. The molecule has 2 aromatic rings. The van der Waals surface area contributed by atoms with E-state index < -0.39 is 15.7 Å². The van der Waals surface area contributed by atoms with Gasteiger partial charge in [-0.25, -0.2) is 0 Å². The predicted molar refractivity (Wildman–Crippen MR) is 65.1 cm³/mol. The van der Waals surface area contributed by atoms with E-state index in [1.165, 1.54) is 18.6 Å². The van der Waals surface area contributed by atoms with Gasteiger partial charge in [-0.2, -0.15) is 0 Å². The predicted octanol–water partition coefficient (Wildman–Crippen LogP) is 1.22. The van der Waals surface area contributed by atoms with Crippen molar-refractivity contribution in [2.24, 2.45) is 0 Å². The van der Waals surface area contributed by atoms with Gasteiger partial charge in [0.1, 0.15) is 6.33 Å². The first-order valence-electron chi connectivity index (χ1n) is 4.99. The topological polar surface area (TPSA) is 90.9 Å². The smallest absolute Gasteiger partial charge is 0.272 e. The summed E-state index contributed by atoms with van der Waals surface area (Å²) in [6.45, 7) is 1.65. The maximum absolute atomic E-state index is 11.4. The first-order chi connectivity index (χ1) is 8.50. The molecular weight excluding hydrogens is 256 g/mol. The molecule has 7 nitrogen and oxygen atoms in total. The molecule has 0 spiro atoms. The summed E-state index contributed by atoms with van der Waals surface area (Å²) in [7, 11) is -1.28. The maximum atomic E-state index is 11.4. The maximum Gasteiger partial charge on any atom is 0.272 e. The van der Waals surface area contributed by atoms with Gasteiger partial charge < -0.3 is 0 Å². The van der Waals surface area contributed by atoms with Gasteiger partial charge in [0.25, 0.3) is 5.69 Å². The van der Waals surface area contributed by atoms with Crippen molar-refractivity contribution in [3.8, 4) is 5.69 Å². The molecule has 1 aromatic carbocycles. The highest BCUT2D eigenvalue weighted by Crippen LogP contribution is 2.21. The fraction of sp³-hybridized carbons (Fsp3) is 0.200. The Morgan fingerprint density at radius 3 is 2.72 bits per heavy atom. The number of rotatable bonds is 3. The van der Waals surface area contributed by atoms with Crippen LogP contribution in [0.5, 0.6) is 0 Å². The number of nitrogens with zero attached hydrogens (tertiary/aromatic N) is 4. The zero-order chi connectivity index (χ0) is 13.3. The molecule has 0 aliphatic heterocycles. The standard InChI is InChI=1S/C10H10N4O3S/c1-7-5-8(3-4-9(7)14(15)16)13-6-11-12-10(13)18(2)17/h3-6H,1-2H3/t18-/m0/s1. The van der Waals surface area contributed by atoms with Crippen molar-refractivity contribution in [3.05, 3.63) is 40.2 Å². The normalized spacial score (nSPS) is 12.3. The number of aromatic nitrogens is 3. The first kappa shape index (κ1) is 12.4. The summed E-state index contributed by atoms with van der Waals surface area (Å²) in [5.74, 6) is 0. The van der Waals surface area contributed by atoms with Crippen molar-refractivity contribution in [2.75, 3.05) is 6.26 Å². The lowest BCUT2D eigenvalue weighted by molar-refractivity contribution is -0.385. The van der Waals surface area contributed by atoms with Gasteiger partial charge in [0.2, 0.25) is 5.16 Å². The number of aryl methyl sites for hydroxylation is 1. The van der Waals surface area contributed by atoms with Crippen molar-refractivity contribution >= 4 is 16.5 Å². The van der Waals surface area contributed by atoms with Gasteiger partial charge in [-0.3, -0.25) is 18.9 Å². The summed E-state index contributed by atoms with van der Waals surface area (Å²) in [4.78, 5) is 10.3. The van der Waals surface area contributed by atoms with Crippen molar-refractivity contribution < 1.29 is 9.13 Å². The van der Waals surface area contributed by atoms with E-state index in [0.717, 1.165) is 0 Å². The molecule has 94 valence electrons. The van der Waals surface area contributed by atoms with E-state index in [9.17, 15) is 14.3 Å². The van der Waals surface area contributed by atoms with Crippen LogP contribution in [0.2, 0.25) is 0 Å². The third-order valence-corrected chi connectivity index (χ3v) is 3.22. The molecule has 0 saturated heterocycles. The molecule has 18 heavy (non-hydrogen) atoms. The molecule has 0 fully saturated rings. The lowest BCUT2D eigenvalue weighted by Crippen LogP contribution is -2.02. The number of nitro benzene ring substituents is 1. The van der Waals surface area contributed by atoms with Crippen LogP contribution in [0, 0.1) is 17.0 Å². The van der Waals surface area contributed by atoms with Crippen LogP contribution >= 0.6 is 0 Å². The Labute approximate surface area is 105 Å². The van der Waals surface area contributed by atoms with E-state index in [0.29, 0.717) is 16.4 Å². The van der Waals surface area contributed by atoms with Gasteiger partial charge in [-0.15, -0.1) is 10.2 Å². The molecule has 2 rings (SSSR count). The summed E-state index contributed by atoms with van der Waals surface area (Å²) in [6, 6.07) is 4.62. The van der Waals surface area contributed by atoms with Gasteiger partial charge in [-0.1, -0.05) is 0 Å². The van der Waals surface area contributed by atoms with E-state index in [1.54, 1.807) is 23.6 Å². The third-order valence-electron chi connectivity index (χ3n) is 2.43. The summed E-state index contributed by atoms with van der Waals surface area (Å²) in [5, 5.41) is 18.5. The highest BCUT2D eigenvalue weighted by Gasteiger charge is 2.14. The Morgan fingerprint density at radius 2 is 2.17 bits per heavy atom. The van der Waals surface area contributed by atoms with Crippen LogP contribution in [0.4, 0.5) is 5.69 Å². The quantitative estimate of drug-likeness (QED) is 0.615. The third kappa shape index (κ3) is 2.14. The van der Waals surface area contributed by atoms with Crippen LogP contribution in [0.1, 0.15) is 5.56 Å². The number of hydrogen-bond acceptors (Lipinski definition) is 5. The molecule has 0 saturated carbocycles. The van der Waals surface area contributed by atoms with Crippen molar-refractivity contribution in [3.63, 3.8) is 0 Å². The Morgan fingerprint density at radius 1 is 1.44 bits per heavy atom. The van der Waals surface area contributed by atoms with Crippen molar-refractivity contribution in [1.82, 2.24) is 14.8 Å². The van der Waals surface area contributed by atoms with Crippen LogP contribution in [0.3, 0.4) is 0 Å². The zero-order valence-electron chi connectivity index (χ0n) is 9.73. The average Bonchev–Trinajstić information content (AvgIpc) is 2.77. The van der Waals surface area contributed by atoms with Crippen LogP contribution in [-0.4, -0.2) is 30.2 Å². The molecule has 0 bridgehead atoms. The Balaban J connectivity index is 2.52. The Bertz CT molecular complexity index is 638. The van der Waals surface area contributed by atoms with Crippen molar-refractivity contribution in [1.29, 1.82) is 0 Å². The van der Waals surface area contributed by atoms with Crippen LogP contribution in [0.25, 0.3) is 5.69 Å². The van der Waals surface area contributed by atoms with Gasteiger partial charge in [0.15, 0.2) is 0 Å². The fourth-order valence-electron chi connectivity index (χ4n) is 1.59. The monoisotopic (exact) mass is 266 g/mol. The molecule has 0 radical (unpaired) electrons. The summed E-state index contributed by atoms with van der Waals surface area (Å²) in [6.07, 6.45) is 2.93. The van der Waals surface area contributed by atoms with Gasteiger partial charge in [-0.05, 0) is 19.1 Å². The SMILES string of the molecule is Cc1cc(-n2cnnc2[S@](C)=O)ccc1[N+](=O)[O-]. The van der Waals surface area contributed by atoms with E-state index >= 15 is 0 Å². The molecule has 0 aliphatic rings. The van der Waals surface area contributed by atoms with E-state index in [1.807, 2.05) is 0 Å². The average molecular weight is 266 g/mol. The minimum atomic E-state index is -1.28. The molecule has 0 amide bonds. The molecule has 1 heterocycles. The van der Waals surface area contributed by atoms with E-state index in [-0.39, 0.29) is 5.69 Å². The zero-order valence-corrected chi connectivity index (χ0v) is 10.5. The lowest BCUT2D eigenvalue weighted by atomic mass is 10.2. The van der Waals surface area contributed by atoms with E-state index in [2.05, 4.69) is 10.2 Å². The second-order valence-electron chi connectivity index (χ2n) is 3.67. The Hall–Kier alpha value is -2.09. The number of nitro groups is 1. The van der Waals surface area contributed by atoms with Crippen LogP contribution in [-0.2, 0) is 10.8 Å². The molecule has 8 heteroatoms. The molecular formula is C10H10N4O3S. The van der Waals surface area contributed by atoms with Gasteiger partial charge >= 0.3 is 0 Å². The largest absolute Gasteiger partial charge is 0.275 e. The summed E-state index contributed by atoms with van der Waals surface area (Å²) in [5.41, 5.74) is 1.22. The second kappa shape index (κ2) is 4.65. The van der Waals surface area contributed by atoms with Crippen molar-refractivity contribution in [2.45, 2.75) is 12.1 Å². The molecule has 1 aromatic heterocycles. The minimum absolute atomic E-state index is 0.0472. The highest BCUT2D eigenvalue weighted by molar-refractivity contribution is 7.84. The number of benzene rings is 1. The van der Waals surface area contributed by atoms with Gasteiger partial charge in [0, 0.05) is 23.6 Å². The van der Waals surface area contributed by atoms with Crippen LogP contribution in [0.15, 0.2) is 29.7 Å². The lowest BCUT2D eigenvalue weighted by Gasteiger charge is -2.05. The molecule has 0 N–H and O–H groups in total. The summed E-state index contributed by atoms with van der Waals surface area (Å²) < 4.78 is 13.0. The first-order valence-corrected chi connectivity index (χ1v) is 6.55. The summed E-state index contributed by atoms with van der Waals surface area (Å²) >= 11 is 0. The number of hydrogen-bond donors (Lipinski definition) is 0. The second-order valence-corrected chi connectivity index (χ2v) is 4.94. The minimum Gasteiger partial charge on any atom is -0.275 e. The fourth-order valence-corrected chi connectivity index (χ4v) is 2.18. The molecule has 0 aliphatic carbocycles. The Kier molecular flexibility index (Phi) is 3.19. The van der Waals surface area contributed by atoms with E-state index in [4.69, 9.17) is 0 Å². The highest BCUT2D eigenvalue weighted by atomic mass is 32.2. The van der Waals surface area contributed by atoms with Crippen LogP contribution < -0.4 is 0 Å². The molecule has 1 atom stereocenters. The van der Waals surface area contributed by atoms with Gasteiger partial charge in [0.05, 0.1) is 15.7 Å².